The Kier molecular flexibility index (Phi) is 5.17. The van der Waals surface area contributed by atoms with E-state index in [1.807, 2.05) is 30.3 Å². The van der Waals surface area contributed by atoms with Crippen LogP contribution in [-0.2, 0) is 11.2 Å². The molecule has 108 valence electrons. The van der Waals surface area contributed by atoms with Crippen LogP contribution in [0.1, 0.15) is 18.1 Å². The van der Waals surface area contributed by atoms with E-state index in [0.29, 0.717) is 5.75 Å². The molecule has 0 aliphatic heterocycles. The van der Waals surface area contributed by atoms with E-state index in [2.05, 4.69) is 22.9 Å². The first-order valence-corrected chi connectivity index (χ1v) is 7.35. The van der Waals surface area contributed by atoms with Crippen molar-refractivity contribution in [2.75, 3.05) is 0 Å². The maximum absolute atomic E-state index is 10.5. The first-order chi connectivity index (χ1) is 10.1. The quantitative estimate of drug-likeness (QED) is 0.783. The van der Waals surface area contributed by atoms with Crippen molar-refractivity contribution in [1.29, 1.82) is 0 Å². The minimum atomic E-state index is -0.974. The molecule has 21 heavy (non-hydrogen) atoms. The Morgan fingerprint density at radius 1 is 1.19 bits per heavy atom. The van der Waals surface area contributed by atoms with E-state index >= 15 is 0 Å². The summed E-state index contributed by atoms with van der Waals surface area (Å²) in [7, 11) is 0. The molecule has 0 spiro atoms. The molecule has 0 saturated carbocycles. The van der Waals surface area contributed by atoms with Gasteiger partial charge in [0, 0.05) is 10.5 Å². The second-order valence-electron chi connectivity index (χ2n) is 4.45. The van der Waals surface area contributed by atoms with Gasteiger partial charge in [0.2, 0.25) is 0 Å². The minimum Gasteiger partial charge on any atom is -0.478 e. The normalized spacial score (nSPS) is 10.8. The molecule has 0 aliphatic rings. The summed E-state index contributed by atoms with van der Waals surface area (Å²) in [4.78, 5) is 10.5. The van der Waals surface area contributed by atoms with Crippen LogP contribution in [-0.4, -0.2) is 11.1 Å². The Morgan fingerprint density at radius 3 is 2.43 bits per heavy atom. The summed E-state index contributed by atoms with van der Waals surface area (Å²) in [5.74, 6) is 0.491. The van der Waals surface area contributed by atoms with Gasteiger partial charge in [-0.25, -0.2) is 4.79 Å². The van der Waals surface area contributed by atoms with Gasteiger partial charge in [0.25, 0.3) is 0 Å². The summed E-state index contributed by atoms with van der Waals surface area (Å²) >= 11 is 3.41. The number of carboxylic acids is 1. The van der Waals surface area contributed by atoms with Crippen LogP contribution in [0.2, 0.25) is 0 Å². The Hall–Kier alpha value is -2.07. The highest BCUT2D eigenvalue weighted by atomic mass is 79.9. The van der Waals surface area contributed by atoms with Crippen molar-refractivity contribution in [2.24, 2.45) is 0 Å². The van der Waals surface area contributed by atoms with Gasteiger partial charge in [-0.3, -0.25) is 0 Å². The molecule has 0 heterocycles. The van der Waals surface area contributed by atoms with E-state index in [-0.39, 0.29) is 0 Å². The SMILES string of the molecule is CCc1ccc(Oc2ccc(/C=C/C(=O)O)c(Br)c2)cc1. The van der Waals surface area contributed by atoms with Gasteiger partial charge in [0.05, 0.1) is 0 Å². The second-order valence-corrected chi connectivity index (χ2v) is 5.31. The molecule has 2 rings (SSSR count). The van der Waals surface area contributed by atoms with Crippen molar-refractivity contribution >= 4 is 28.0 Å². The molecule has 4 heteroatoms. The minimum absolute atomic E-state index is 0.693. The van der Waals surface area contributed by atoms with Crippen molar-refractivity contribution in [3.05, 3.63) is 64.1 Å². The van der Waals surface area contributed by atoms with Crippen LogP contribution < -0.4 is 4.74 Å². The fourth-order valence-corrected chi connectivity index (χ4v) is 2.29. The molecule has 0 fully saturated rings. The zero-order chi connectivity index (χ0) is 15.2. The molecule has 2 aromatic carbocycles. The topological polar surface area (TPSA) is 46.5 Å². The van der Waals surface area contributed by atoms with Crippen LogP contribution in [0.3, 0.4) is 0 Å². The number of rotatable bonds is 5. The second kappa shape index (κ2) is 7.09. The van der Waals surface area contributed by atoms with E-state index < -0.39 is 5.97 Å². The zero-order valence-corrected chi connectivity index (χ0v) is 13.1. The molecule has 0 bridgehead atoms. The van der Waals surface area contributed by atoms with Gasteiger partial charge in [-0.2, -0.15) is 0 Å². The molecular weight excluding hydrogens is 332 g/mol. The number of ether oxygens (including phenoxy) is 1. The van der Waals surface area contributed by atoms with E-state index in [0.717, 1.165) is 28.3 Å². The van der Waals surface area contributed by atoms with Gasteiger partial charge < -0.3 is 9.84 Å². The van der Waals surface area contributed by atoms with Crippen molar-refractivity contribution in [1.82, 2.24) is 0 Å². The van der Waals surface area contributed by atoms with Gasteiger partial charge in [0.15, 0.2) is 0 Å². The number of aryl methyl sites for hydroxylation is 1. The molecule has 3 nitrogen and oxygen atoms in total. The van der Waals surface area contributed by atoms with E-state index in [4.69, 9.17) is 9.84 Å². The van der Waals surface area contributed by atoms with Crippen LogP contribution in [0.25, 0.3) is 6.08 Å². The number of carboxylic acid groups (broad SMARTS) is 1. The Labute approximate surface area is 132 Å². The summed E-state index contributed by atoms with van der Waals surface area (Å²) in [5.41, 5.74) is 2.05. The van der Waals surface area contributed by atoms with Gasteiger partial charge >= 0.3 is 5.97 Å². The average Bonchev–Trinajstić information content (AvgIpc) is 2.47. The third-order valence-electron chi connectivity index (χ3n) is 2.94. The van der Waals surface area contributed by atoms with Crippen LogP contribution in [0.5, 0.6) is 11.5 Å². The summed E-state index contributed by atoms with van der Waals surface area (Å²) in [6.45, 7) is 2.11. The smallest absolute Gasteiger partial charge is 0.328 e. The number of hydrogen-bond acceptors (Lipinski definition) is 2. The molecule has 2 aromatic rings. The van der Waals surface area contributed by atoms with Crippen molar-refractivity contribution in [3.8, 4) is 11.5 Å². The molecule has 1 N–H and O–H groups in total. The summed E-state index contributed by atoms with van der Waals surface area (Å²) in [6, 6.07) is 13.4. The molecule has 0 radical (unpaired) electrons. The third kappa shape index (κ3) is 4.46. The van der Waals surface area contributed by atoms with Gasteiger partial charge in [0.1, 0.15) is 11.5 Å². The molecule has 0 unspecified atom stereocenters. The molecular formula is C17H15BrO3. The van der Waals surface area contributed by atoms with Crippen LogP contribution in [0.15, 0.2) is 53.0 Å². The standard InChI is InChI=1S/C17H15BrO3/c1-2-12-3-7-14(8-4-12)21-15-9-5-13(16(18)11-15)6-10-17(19)20/h3-11H,2H2,1H3,(H,19,20)/b10-6+. The lowest BCUT2D eigenvalue weighted by atomic mass is 10.2. The van der Waals surface area contributed by atoms with E-state index in [1.165, 1.54) is 11.6 Å². The van der Waals surface area contributed by atoms with Gasteiger partial charge in [-0.1, -0.05) is 41.1 Å². The molecule has 0 atom stereocenters. The number of aliphatic carboxylic acids is 1. The maximum Gasteiger partial charge on any atom is 0.328 e. The zero-order valence-electron chi connectivity index (χ0n) is 11.5. The number of halogens is 1. The fourth-order valence-electron chi connectivity index (χ4n) is 1.80. The van der Waals surface area contributed by atoms with Gasteiger partial charge in [-0.15, -0.1) is 0 Å². The lowest BCUT2D eigenvalue weighted by molar-refractivity contribution is -0.131. The molecule has 0 amide bonds. The summed E-state index contributed by atoms with van der Waals surface area (Å²) in [5, 5.41) is 8.63. The predicted octanol–water partition coefficient (Wildman–Crippen LogP) is 4.90. The van der Waals surface area contributed by atoms with Crippen LogP contribution in [0, 0.1) is 0 Å². The lowest BCUT2D eigenvalue weighted by Crippen LogP contribution is -1.88. The Morgan fingerprint density at radius 2 is 1.86 bits per heavy atom. The molecule has 0 aromatic heterocycles. The van der Waals surface area contributed by atoms with Crippen molar-refractivity contribution < 1.29 is 14.6 Å². The lowest BCUT2D eigenvalue weighted by Gasteiger charge is -2.08. The monoisotopic (exact) mass is 346 g/mol. The fraction of sp³-hybridized carbons (Fsp3) is 0.118. The van der Waals surface area contributed by atoms with Gasteiger partial charge in [-0.05, 0) is 47.9 Å². The highest BCUT2D eigenvalue weighted by Crippen LogP contribution is 2.28. The van der Waals surface area contributed by atoms with E-state index in [1.54, 1.807) is 12.1 Å². The number of benzene rings is 2. The number of hydrogen-bond donors (Lipinski definition) is 1. The number of carbonyl (C=O) groups is 1. The van der Waals surface area contributed by atoms with Crippen LogP contribution in [0.4, 0.5) is 0 Å². The summed E-state index contributed by atoms with van der Waals surface area (Å²) in [6.07, 6.45) is 3.63. The first kappa shape index (κ1) is 15.3. The first-order valence-electron chi connectivity index (χ1n) is 6.56. The predicted molar refractivity (Wildman–Crippen MR) is 86.7 cm³/mol. The highest BCUT2D eigenvalue weighted by Gasteiger charge is 2.02. The molecule has 0 aliphatic carbocycles. The van der Waals surface area contributed by atoms with Crippen molar-refractivity contribution in [2.45, 2.75) is 13.3 Å². The third-order valence-corrected chi connectivity index (χ3v) is 3.63. The average molecular weight is 347 g/mol. The Balaban J connectivity index is 2.14. The highest BCUT2D eigenvalue weighted by molar-refractivity contribution is 9.10. The van der Waals surface area contributed by atoms with Crippen molar-refractivity contribution in [3.63, 3.8) is 0 Å². The summed E-state index contributed by atoms with van der Waals surface area (Å²) < 4.78 is 6.55. The Bertz CT molecular complexity index is 660. The van der Waals surface area contributed by atoms with E-state index in [9.17, 15) is 4.79 Å². The molecule has 0 saturated heterocycles. The van der Waals surface area contributed by atoms with Crippen LogP contribution >= 0.6 is 15.9 Å². The largest absolute Gasteiger partial charge is 0.478 e. The maximum atomic E-state index is 10.5.